The van der Waals surface area contributed by atoms with Crippen molar-refractivity contribution < 1.29 is 0 Å². The fraction of sp³-hybridized carbons (Fsp3) is 0.444. The average Bonchev–Trinajstić information content (AvgIpc) is 1.94. The van der Waals surface area contributed by atoms with E-state index in [2.05, 4.69) is 11.9 Å². The lowest BCUT2D eigenvalue weighted by atomic mass is 10.0. The van der Waals surface area contributed by atoms with E-state index < -0.39 is 0 Å². The first-order valence-corrected chi connectivity index (χ1v) is 3.80. The molecule has 0 saturated heterocycles. The maximum Gasteiger partial charge on any atom is 0.0405 e. The van der Waals surface area contributed by atoms with Crippen LogP contribution in [0.25, 0.3) is 0 Å². The number of hydrogen-bond acceptors (Lipinski definition) is 2. The summed E-state index contributed by atoms with van der Waals surface area (Å²) in [5.41, 5.74) is 9.23. The van der Waals surface area contributed by atoms with Gasteiger partial charge in [0.05, 0.1) is 0 Å². The van der Waals surface area contributed by atoms with Gasteiger partial charge in [-0.3, -0.25) is 4.98 Å². The minimum Gasteiger partial charge on any atom is -0.324 e. The molecule has 1 atom stereocenters. The van der Waals surface area contributed by atoms with Crippen molar-refractivity contribution in [2.24, 2.45) is 5.73 Å². The molecule has 0 spiro atoms. The van der Waals surface area contributed by atoms with Crippen LogP contribution in [0, 0.1) is 13.8 Å². The van der Waals surface area contributed by atoms with Gasteiger partial charge >= 0.3 is 0 Å². The molecule has 0 radical (unpaired) electrons. The number of aromatic nitrogens is 1. The van der Waals surface area contributed by atoms with Gasteiger partial charge in [0.2, 0.25) is 0 Å². The Balaban J connectivity index is 3.17. The van der Waals surface area contributed by atoms with Crippen LogP contribution in [0.3, 0.4) is 0 Å². The standard InChI is InChI=1S/C9H14N2/c1-6-8(3)11-5-4-9(6)7(2)10/h4-5,7H,10H2,1-3H3. The molecular weight excluding hydrogens is 136 g/mol. The summed E-state index contributed by atoms with van der Waals surface area (Å²) in [6.07, 6.45) is 1.81. The van der Waals surface area contributed by atoms with E-state index in [9.17, 15) is 0 Å². The Labute approximate surface area is 67.5 Å². The zero-order chi connectivity index (χ0) is 8.43. The molecule has 0 amide bonds. The lowest BCUT2D eigenvalue weighted by Gasteiger charge is -2.10. The topological polar surface area (TPSA) is 38.9 Å². The summed E-state index contributed by atoms with van der Waals surface area (Å²) in [7, 11) is 0. The van der Waals surface area contributed by atoms with Crippen LogP contribution in [0.15, 0.2) is 12.3 Å². The first kappa shape index (κ1) is 8.21. The van der Waals surface area contributed by atoms with Crippen LogP contribution in [-0.2, 0) is 0 Å². The monoisotopic (exact) mass is 150 g/mol. The second kappa shape index (κ2) is 3.01. The van der Waals surface area contributed by atoms with Gasteiger partial charge in [0, 0.05) is 17.9 Å². The molecule has 1 aromatic heterocycles. The van der Waals surface area contributed by atoms with Crippen LogP contribution in [-0.4, -0.2) is 4.98 Å². The van der Waals surface area contributed by atoms with Crippen LogP contribution in [0.1, 0.15) is 29.8 Å². The van der Waals surface area contributed by atoms with E-state index in [0.29, 0.717) is 0 Å². The normalized spacial score (nSPS) is 13.1. The SMILES string of the molecule is Cc1nccc(C(C)N)c1C. The van der Waals surface area contributed by atoms with Gasteiger partial charge in [-0.1, -0.05) is 0 Å². The van der Waals surface area contributed by atoms with E-state index in [1.165, 1.54) is 11.1 Å². The van der Waals surface area contributed by atoms with Gasteiger partial charge in [0.15, 0.2) is 0 Å². The van der Waals surface area contributed by atoms with Gasteiger partial charge < -0.3 is 5.73 Å². The van der Waals surface area contributed by atoms with Crippen LogP contribution < -0.4 is 5.73 Å². The van der Waals surface area contributed by atoms with Gasteiger partial charge in [-0.05, 0) is 38.0 Å². The summed E-state index contributed by atoms with van der Waals surface area (Å²) >= 11 is 0. The highest BCUT2D eigenvalue weighted by Crippen LogP contribution is 2.15. The molecule has 1 aromatic rings. The van der Waals surface area contributed by atoms with Crippen molar-refractivity contribution in [1.29, 1.82) is 0 Å². The molecule has 0 bridgehead atoms. The fourth-order valence-electron chi connectivity index (χ4n) is 1.15. The summed E-state index contributed by atoms with van der Waals surface area (Å²) in [6.45, 7) is 6.05. The molecular formula is C9H14N2. The highest BCUT2D eigenvalue weighted by atomic mass is 14.7. The van der Waals surface area contributed by atoms with Gasteiger partial charge in [-0.25, -0.2) is 0 Å². The van der Waals surface area contributed by atoms with Gasteiger partial charge in [0.25, 0.3) is 0 Å². The molecule has 0 aliphatic carbocycles. The molecule has 0 saturated carbocycles. The lowest BCUT2D eigenvalue weighted by molar-refractivity contribution is 0.802. The van der Waals surface area contributed by atoms with E-state index >= 15 is 0 Å². The molecule has 1 unspecified atom stereocenters. The number of pyridine rings is 1. The zero-order valence-corrected chi connectivity index (χ0v) is 7.26. The van der Waals surface area contributed by atoms with Crippen molar-refractivity contribution in [3.8, 4) is 0 Å². The summed E-state index contributed by atoms with van der Waals surface area (Å²) in [6, 6.07) is 2.09. The smallest absolute Gasteiger partial charge is 0.0405 e. The van der Waals surface area contributed by atoms with Crippen molar-refractivity contribution in [2.75, 3.05) is 0 Å². The Morgan fingerprint density at radius 1 is 1.45 bits per heavy atom. The lowest BCUT2D eigenvalue weighted by Crippen LogP contribution is -2.08. The molecule has 2 heteroatoms. The van der Waals surface area contributed by atoms with E-state index in [0.717, 1.165) is 5.69 Å². The summed E-state index contributed by atoms with van der Waals surface area (Å²) in [5.74, 6) is 0. The van der Waals surface area contributed by atoms with Crippen LogP contribution in [0.2, 0.25) is 0 Å². The first-order valence-electron chi connectivity index (χ1n) is 3.80. The molecule has 2 N–H and O–H groups in total. The van der Waals surface area contributed by atoms with Crippen LogP contribution in [0.5, 0.6) is 0 Å². The quantitative estimate of drug-likeness (QED) is 0.662. The third-order valence-electron chi connectivity index (χ3n) is 1.99. The molecule has 11 heavy (non-hydrogen) atoms. The highest BCUT2D eigenvalue weighted by Gasteiger charge is 2.04. The Morgan fingerprint density at radius 2 is 2.09 bits per heavy atom. The molecule has 60 valence electrons. The number of nitrogens with zero attached hydrogens (tertiary/aromatic N) is 1. The Hall–Kier alpha value is -0.890. The van der Waals surface area contributed by atoms with E-state index in [4.69, 9.17) is 5.73 Å². The first-order chi connectivity index (χ1) is 5.13. The van der Waals surface area contributed by atoms with Crippen molar-refractivity contribution >= 4 is 0 Å². The van der Waals surface area contributed by atoms with Gasteiger partial charge in [0.1, 0.15) is 0 Å². The molecule has 0 aliphatic heterocycles. The van der Waals surface area contributed by atoms with Gasteiger partial charge in [-0.2, -0.15) is 0 Å². The van der Waals surface area contributed by atoms with Crippen molar-refractivity contribution in [3.63, 3.8) is 0 Å². The predicted octanol–water partition coefficient (Wildman–Crippen LogP) is 1.72. The summed E-state index contributed by atoms with van der Waals surface area (Å²) < 4.78 is 0. The number of hydrogen-bond donors (Lipinski definition) is 1. The number of aryl methyl sites for hydroxylation is 1. The number of rotatable bonds is 1. The summed E-state index contributed by atoms with van der Waals surface area (Å²) in [5, 5.41) is 0. The maximum atomic E-state index is 5.76. The zero-order valence-electron chi connectivity index (χ0n) is 7.26. The molecule has 1 rings (SSSR count). The molecule has 0 aliphatic rings. The molecule has 0 aromatic carbocycles. The minimum atomic E-state index is 0.108. The minimum absolute atomic E-state index is 0.108. The molecule has 0 fully saturated rings. The number of nitrogens with two attached hydrogens (primary N) is 1. The third-order valence-corrected chi connectivity index (χ3v) is 1.99. The fourth-order valence-corrected chi connectivity index (χ4v) is 1.15. The highest BCUT2D eigenvalue weighted by molar-refractivity contribution is 5.29. The van der Waals surface area contributed by atoms with Crippen molar-refractivity contribution in [3.05, 3.63) is 29.1 Å². The van der Waals surface area contributed by atoms with Crippen LogP contribution in [0.4, 0.5) is 0 Å². The second-order valence-corrected chi connectivity index (χ2v) is 2.90. The van der Waals surface area contributed by atoms with E-state index in [1.54, 1.807) is 6.20 Å². The largest absolute Gasteiger partial charge is 0.324 e. The molecule has 2 nitrogen and oxygen atoms in total. The molecule has 1 heterocycles. The summed E-state index contributed by atoms with van der Waals surface area (Å²) in [4.78, 5) is 4.17. The second-order valence-electron chi connectivity index (χ2n) is 2.90. The Kier molecular flexibility index (Phi) is 2.25. The van der Waals surface area contributed by atoms with E-state index in [-0.39, 0.29) is 6.04 Å². The third kappa shape index (κ3) is 1.57. The van der Waals surface area contributed by atoms with Crippen LogP contribution >= 0.6 is 0 Å². The van der Waals surface area contributed by atoms with Crippen molar-refractivity contribution in [2.45, 2.75) is 26.8 Å². The predicted molar refractivity (Wildman–Crippen MR) is 46.3 cm³/mol. The van der Waals surface area contributed by atoms with Gasteiger partial charge in [-0.15, -0.1) is 0 Å². The van der Waals surface area contributed by atoms with E-state index in [1.807, 2.05) is 19.9 Å². The van der Waals surface area contributed by atoms with Crippen molar-refractivity contribution in [1.82, 2.24) is 4.98 Å². The maximum absolute atomic E-state index is 5.76. The Bertz CT molecular complexity index is 254. The average molecular weight is 150 g/mol. The Morgan fingerprint density at radius 3 is 2.55 bits per heavy atom.